The standard InChI is InChI=1S/C19H21N3O4/c23-17(13-15-5-2-1-3-6-15)20-14-18(24)21-8-10-22(11-9-21)19(25)16-7-4-12-26-16/h1-7,12H,8-11,13-14H2,(H,20,23). The van der Waals surface area contributed by atoms with Gasteiger partial charge in [-0.1, -0.05) is 30.3 Å². The van der Waals surface area contributed by atoms with Gasteiger partial charge in [-0.3, -0.25) is 14.4 Å². The molecule has 1 saturated heterocycles. The molecule has 0 atom stereocenters. The zero-order chi connectivity index (χ0) is 18.4. The van der Waals surface area contributed by atoms with E-state index in [1.807, 2.05) is 30.3 Å². The average Bonchev–Trinajstić information content (AvgIpc) is 3.21. The quantitative estimate of drug-likeness (QED) is 0.865. The Hall–Kier alpha value is -3.09. The summed E-state index contributed by atoms with van der Waals surface area (Å²) in [6.45, 7) is 1.75. The van der Waals surface area contributed by atoms with Crippen LogP contribution in [-0.4, -0.2) is 60.2 Å². The minimum atomic E-state index is -0.184. The van der Waals surface area contributed by atoms with E-state index in [4.69, 9.17) is 4.42 Å². The molecule has 0 unspecified atom stereocenters. The molecule has 0 aliphatic carbocycles. The largest absolute Gasteiger partial charge is 0.459 e. The summed E-state index contributed by atoms with van der Waals surface area (Å²) in [5.41, 5.74) is 0.905. The molecule has 7 nitrogen and oxygen atoms in total. The summed E-state index contributed by atoms with van der Waals surface area (Å²) in [6, 6.07) is 12.7. The van der Waals surface area contributed by atoms with Gasteiger partial charge in [-0.05, 0) is 17.7 Å². The molecule has 1 aromatic carbocycles. The molecular formula is C19H21N3O4. The monoisotopic (exact) mass is 355 g/mol. The van der Waals surface area contributed by atoms with E-state index in [0.29, 0.717) is 31.9 Å². The van der Waals surface area contributed by atoms with E-state index < -0.39 is 0 Å². The van der Waals surface area contributed by atoms with Gasteiger partial charge in [-0.15, -0.1) is 0 Å². The maximum atomic E-state index is 12.2. The number of hydrogen-bond acceptors (Lipinski definition) is 4. The summed E-state index contributed by atoms with van der Waals surface area (Å²) in [7, 11) is 0. The summed E-state index contributed by atoms with van der Waals surface area (Å²) in [5.74, 6) is -0.191. The number of rotatable bonds is 5. The van der Waals surface area contributed by atoms with Crippen LogP contribution in [0.15, 0.2) is 53.1 Å². The molecule has 0 saturated carbocycles. The smallest absolute Gasteiger partial charge is 0.289 e. The van der Waals surface area contributed by atoms with Crippen molar-refractivity contribution in [3.8, 4) is 0 Å². The van der Waals surface area contributed by atoms with Crippen molar-refractivity contribution in [3.63, 3.8) is 0 Å². The van der Waals surface area contributed by atoms with Gasteiger partial charge in [-0.25, -0.2) is 0 Å². The van der Waals surface area contributed by atoms with Gasteiger partial charge >= 0.3 is 0 Å². The molecule has 136 valence electrons. The summed E-state index contributed by atoms with van der Waals surface area (Å²) >= 11 is 0. The molecule has 7 heteroatoms. The van der Waals surface area contributed by atoms with E-state index in [2.05, 4.69) is 5.32 Å². The Morgan fingerprint density at radius 2 is 1.62 bits per heavy atom. The van der Waals surface area contributed by atoms with Crippen molar-refractivity contribution in [2.24, 2.45) is 0 Å². The number of piperazine rings is 1. The zero-order valence-electron chi connectivity index (χ0n) is 14.4. The summed E-state index contributed by atoms with van der Waals surface area (Å²) in [5, 5.41) is 2.66. The Bertz CT molecular complexity index is 750. The molecule has 2 aromatic rings. The summed E-state index contributed by atoms with van der Waals surface area (Å²) < 4.78 is 5.12. The first-order chi connectivity index (χ1) is 12.6. The maximum Gasteiger partial charge on any atom is 0.289 e. The molecule has 1 N–H and O–H groups in total. The molecule has 0 bridgehead atoms. The first kappa shape index (κ1) is 17.7. The summed E-state index contributed by atoms with van der Waals surface area (Å²) in [6.07, 6.45) is 1.71. The molecular weight excluding hydrogens is 334 g/mol. The van der Waals surface area contributed by atoms with Crippen molar-refractivity contribution in [1.29, 1.82) is 0 Å². The predicted octanol–water partition coefficient (Wildman–Crippen LogP) is 0.923. The lowest BCUT2D eigenvalue weighted by Gasteiger charge is -2.34. The van der Waals surface area contributed by atoms with Gasteiger partial charge in [0, 0.05) is 26.2 Å². The van der Waals surface area contributed by atoms with E-state index >= 15 is 0 Å². The second-order valence-corrected chi connectivity index (χ2v) is 6.09. The van der Waals surface area contributed by atoms with Gasteiger partial charge in [0.25, 0.3) is 5.91 Å². The van der Waals surface area contributed by atoms with Gasteiger partial charge in [0.2, 0.25) is 11.8 Å². The van der Waals surface area contributed by atoms with Gasteiger partial charge in [0.1, 0.15) is 0 Å². The lowest BCUT2D eigenvalue weighted by atomic mass is 10.1. The van der Waals surface area contributed by atoms with Crippen LogP contribution in [0.2, 0.25) is 0 Å². The van der Waals surface area contributed by atoms with E-state index in [1.165, 1.54) is 6.26 Å². The fraction of sp³-hybridized carbons (Fsp3) is 0.316. The van der Waals surface area contributed by atoms with Crippen LogP contribution >= 0.6 is 0 Å². The van der Waals surface area contributed by atoms with Gasteiger partial charge in [0.05, 0.1) is 19.2 Å². The maximum absolute atomic E-state index is 12.2. The lowest BCUT2D eigenvalue weighted by molar-refractivity contribution is -0.134. The first-order valence-electron chi connectivity index (χ1n) is 8.54. The molecule has 2 heterocycles. The topological polar surface area (TPSA) is 82.9 Å². The Kier molecular flexibility index (Phi) is 5.68. The van der Waals surface area contributed by atoms with Gasteiger partial charge in [-0.2, -0.15) is 0 Å². The number of amides is 3. The zero-order valence-corrected chi connectivity index (χ0v) is 14.4. The molecule has 3 rings (SSSR count). The Labute approximate surface area is 151 Å². The van der Waals surface area contributed by atoms with Crippen LogP contribution in [-0.2, 0) is 16.0 Å². The van der Waals surface area contributed by atoms with Gasteiger partial charge < -0.3 is 19.5 Å². The number of benzene rings is 1. The molecule has 1 aromatic heterocycles. The second-order valence-electron chi connectivity index (χ2n) is 6.09. The first-order valence-corrected chi connectivity index (χ1v) is 8.54. The number of furan rings is 1. The molecule has 0 radical (unpaired) electrons. The lowest BCUT2D eigenvalue weighted by Crippen LogP contribution is -2.52. The predicted molar refractivity (Wildman–Crippen MR) is 94.3 cm³/mol. The van der Waals surface area contributed by atoms with Crippen LogP contribution in [0.4, 0.5) is 0 Å². The molecule has 3 amide bonds. The molecule has 0 spiro atoms. The fourth-order valence-electron chi connectivity index (χ4n) is 2.84. The Balaban J connectivity index is 1.41. The van der Waals surface area contributed by atoms with Crippen LogP contribution in [0.3, 0.4) is 0 Å². The highest BCUT2D eigenvalue weighted by Crippen LogP contribution is 2.09. The van der Waals surface area contributed by atoms with E-state index in [0.717, 1.165) is 5.56 Å². The van der Waals surface area contributed by atoms with Crippen LogP contribution in [0.5, 0.6) is 0 Å². The normalized spacial score (nSPS) is 14.2. The minimum absolute atomic E-state index is 0.0300. The second kappa shape index (κ2) is 8.33. The number of carbonyl (C=O) groups is 3. The minimum Gasteiger partial charge on any atom is -0.459 e. The average molecular weight is 355 g/mol. The Morgan fingerprint density at radius 1 is 0.923 bits per heavy atom. The number of nitrogens with one attached hydrogen (secondary N) is 1. The van der Waals surface area contributed by atoms with Crippen molar-refractivity contribution in [2.45, 2.75) is 6.42 Å². The molecule has 1 aliphatic heterocycles. The summed E-state index contributed by atoms with van der Waals surface area (Å²) in [4.78, 5) is 39.7. The van der Waals surface area contributed by atoms with Crippen LogP contribution in [0.1, 0.15) is 16.1 Å². The highest BCUT2D eigenvalue weighted by atomic mass is 16.3. The molecule has 1 fully saturated rings. The fourth-order valence-corrected chi connectivity index (χ4v) is 2.84. The van der Waals surface area contributed by atoms with Crippen molar-refractivity contribution < 1.29 is 18.8 Å². The Morgan fingerprint density at radius 3 is 2.27 bits per heavy atom. The SMILES string of the molecule is O=C(Cc1ccccc1)NCC(=O)N1CCN(C(=O)c2ccco2)CC1. The van der Waals surface area contributed by atoms with Crippen LogP contribution < -0.4 is 5.32 Å². The van der Waals surface area contributed by atoms with Crippen LogP contribution in [0, 0.1) is 0 Å². The van der Waals surface area contributed by atoms with Crippen molar-refractivity contribution in [2.75, 3.05) is 32.7 Å². The highest BCUT2D eigenvalue weighted by Gasteiger charge is 2.26. The third-order valence-electron chi connectivity index (χ3n) is 4.30. The van der Waals surface area contributed by atoms with Gasteiger partial charge in [0.15, 0.2) is 5.76 Å². The molecule has 1 aliphatic rings. The third kappa shape index (κ3) is 4.50. The number of carbonyl (C=O) groups excluding carboxylic acids is 3. The highest BCUT2D eigenvalue weighted by molar-refractivity contribution is 5.91. The van der Waals surface area contributed by atoms with E-state index in [1.54, 1.807) is 21.9 Å². The molecule has 26 heavy (non-hydrogen) atoms. The third-order valence-corrected chi connectivity index (χ3v) is 4.30. The van der Waals surface area contributed by atoms with E-state index in [-0.39, 0.29) is 30.7 Å². The van der Waals surface area contributed by atoms with Crippen molar-refractivity contribution in [1.82, 2.24) is 15.1 Å². The number of nitrogens with zero attached hydrogens (tertiary/aromatic N) is 2. The van der Waals surface area contributed by atoms with Crippen molar-refractivity contribution >= 4 is 17.7 Å². The van der Waals surface area contributed by atoms with Crippen LogP contribution in [0.25, 0.3) is 0 Å². The van der Waals surface area contributed by atoms with E-state index in [9.17, 15) is 14.4 Å². The number of hydrogen-bond donors (Lipinski definition) is 1. The van der Waals surface area contributed by atoms with Crippen molar-refractivity contribution in [3.05, 3.63) is 60.1 Å².